The highest BCUT2D eigenvalue weighted by molar-refractivity contribution is 6.21. The number of halogens is 1. The van der Waals surface area contributed by atoms with Gasteiger partial charge in [0.25, 0.3) is 0 Å². The largest absolute Gasteiger partial charge is 0.249 e. The van der Waals surface area contributed by atoms with Gasteiger partial charge in [-0.25, -0.2) is 4.68 Å². The van der Waals surface area contributed by atoms with E-state index in [-0.39, 0.29) is 5.38 Å². The van der Waals surface area contributed by atoms with Crippen molar-refractivity contribution in [3.63, 3.8) is 0 Å². The molecule has 2 unspecified atom stereocenters. The molecule has 0 aliphatic heterocycles. The quantitative estimate of drug-likeness (QED) is 0.600. The van der Waals surface area contributed by atoms with E-state index in [0.717, 1.165) is 19.4 Å². The molecule has 0 N–H and O–H groups in total. The van der Waals surface area contributed by atoms with Gasteiger partial charge in [0.05, 0.1) is 11.9 Å². The van der Waals surface area contributed by atoms with Gasteiger partial charge in [0.15, 0.2) is 0 Å². The first-order valence-corrected chi connectivity index (χ1v) is 6.79. The van der Waals surface area contributed by atoms with Crippen LogP contribution in [-0.4, -0.2) is 20.4 Å². The van der Waals surface area contributed by atoms with Gasteiger partial charge in [-0.3, -0.25) is 0 Å². The molecule has 1 aliphatic carbocycles. The summed E-state index contributed by atoms with van der Waals surface area (Å²) in [6, 6.07) is 0. The van der Waals surface area contributed by atoms with Gasteiger partial charge in [-0.15, -0.1) is 16.7 Å². The van der Waals surface area contributed by atoms with Gasteiger partial charge in [0, 0.05) is 17.8 Å². The Balaban J connectivity index is 2.16. The van der Waals surface area contributed by atoms with E-state index < -0.39 is 0 Å². The average Bonchev–Trinajstić information content (AvgIpc) is 2.61. The number of aromatic nitrogens is 3. The van der Waals surface area contributed by atoms with Crippen molar-refractivity contribution < 1.29 is 0 Å². The fraction of sp³-hybridized carbons (Fsp3) is 0.833. The highest BCUT2D eigenvalue weighted by Crippen LogP contribution is 2.34. The van der Waals surface area contributed by atoms with Crippen LogP contribution < -0.4 is 0 Å². The third kappa shape index (κ3) is 2.57. The Morgan fingerprint density at radius 2 is 2.19 bits per heavy atom. The maximum absolute atomic E-state index is 6.48. The Bertz CT molecular complexity index is 324. The number of hydrogen-bond acceptors (Lipinski definition) is 2. The van der Waals surface area contributed by atoms with Crippen LogP contribution in [0.3, 0.4) is 0 Å². The van der Waals surface area contributed by atoms with Gasteiger partial charge in [-0.1, -0.05) is 31.4 Å². The van der Waals surface area contributed by atoms with E-state index in [4.69, 9.17) is 11.6 Å². The van der Waals surface area contributed by atoms with Crippen LogP contribution in [0.2, 0.25) is 0 Å². The molecule has 1 aromatic heterocycles. The van der Waals surface area contributed by atoms with E-state index in [1.54, 1.807) is 0 Å². The summed E-state index contributed by atoms with van der Waals surface area (Å²) >= 11 is 6.48. The van der Waals surface area contributed by atoms with E-state index >= 15 is 0 Å². The summed E-state index contributed by atoms with van der Waals surface area (Å²) in [7, 11) is 0. The molecule has 1 aromatic rings. The van der Waals surface area contributed by atoms with Crippen LogP contribution in [0.5, 0.6) is 0 Å². The van der Waals surface area contributed by atoms with Crippen LogP contribution in [0.25, 0.3) is 0 Å². The number of aryl methyl sites for hydroxylation is 1. The molecule has 0 bridgehead atoms. The number of hydrogen-bond donors (Lipinski definition) is 0. The summed E-state index contributed by atoms with van der Waals surface area (Å²) < 4.78 is 2.03. The molecule has 0 amide bonds. The van der Waals surface area contributed by atoms with Crippen molar-refractivity contribution in [2.45, 2.75) is 63.3 Å². The van der Waals surface area contributed by atoms with E-state index in [0.29, 0.717) is 5.92 Å². The first-order valence-electron chi connectivity index (χ1n) is 6.35. The fourth-order valence-electron chi connectivity index (χ4n) is 2.53. The Hall–Kier alpha value is -0.570. The predicted molar refractivity (Wildman–Crippen MR) is 65.8 cm³/mol. The summed E-state index contributed by atoms with van der Waals surface area (Å²) in [5, 5.41) is 8.45. The minimum absolute atomic E-state index is 0.261. The van der Waals surface area contributed by atoms with Gasteiger partial charge < -0.3 is 0 Å². The zero-order chi connectivity index (χ0) is 11.4. The normalized spacial score (nSPS) is 26.6. The van der Waals surface area contributed by atoms with Crippen LogP contribution in [0, 0.1) is 0 Å². The van der Waals surface area contributed by atoms with Crippen LogP contribution in [-0.2, 0) is 6.54 Å². The topological polar surface area (TPSA) is 30.7 Å². The third-order valence-corrected chi connectivity index (χ3v) is 3.92. The van der Waals surface area contributed by atoms with Crippen molar-refractivity contribution >= 4 is 11.6 Å². The lowest BCUT2D eigenvalue weighted by Gasteiger charge is -2.19. The summed E-state index contributed by atoms with van der Waals surface area (Å²) in [4.78, 5) is 0. The summed E-state index contributed by atoms with van der Waals surface area (Å²) in [6.45, 7) is 3.12. The monoisotopic (exact) mass is 241 g/mol. The molecule has 1 saturated carbocycles. The van der Waals surface area contributed by atoms with Gasteiger partial charge in [0.2, 0.25) is 0 Å². The zero-order valence-corrected chi connectivity index (χ0v) is 10.7. The molecular weight excluding hydrogens is 222 g/mol. The second-order valence-electron chi connectivity index (χ2n) is 4.64. The highest BCUT2D eigenvalue weighted by Gasteiger charge is 2.26. The molecule has 1 heterocycles. The van der Waals surface area contributed by atoms with Crippen LogP contribution in [0.15, 0.2) is 6.20 Å². The van der Waals surface area contributed by atoms with Gasteiger partial charge in [-0.2, -0.15) is 0 Å². The maximum atomic E-state index is 6.48. The van der Waals surface area contributed by atoms with E-state index in [2.05, 4.69) is 17.2 Å². The van der Waals surface area contributed by atoms with E-state index in [1.807, 2.05) is 10.9 Å². The molecule has 0 aromatic carbocycles. The Morgan fingerprint density at radius 3 is 3.00 bits per heavy atom. The molecule has 3 nitrogen and oxygen atoms in total. The van der Waals surface area contributed by atoms with Crippen molar-refractivity contribution in [3.8, 4) is 0 Å². The average molecular weight is 242 g/mol. The Morgan fingerprint density at radius 1 is 1.38 bits per heavy atom. The Kier molecular flexibility index (Phi) is 4.22. The maximum Gasteiger partial charge on any atom is 0.0728 e. The molecule has 1 aliphatic rings. The first kappa shape index (κ1) is 11.9. The second kappa shape index (κ2) is 5.67. The number of alkyl halides is 1. The van der Waals surface area contributed by atoms with Crippen molar-refractivity contribution in [3.05, 3.63) is 11.9 Å². The Labute approximate surface area is 102 Å². The second-order valence-corrected chi connectivity index (χ2v) is 5.20. The molecule has 2 atom stereocenters. The lowest BCUT2D eigenvalue weighted by Crippen LogP contribution is -2.16. The molecule has 4 heteroatoms. The molecule has 90 valence electrons. The molecule has 16 heavy (non-hydrogen) atoms. The van der Waals surface area contributed by atoms with Gasteiger partial charge in [-0.05, 0) is 19.3 Å². The van der Waals surface area contributed by atoms with Crippen LogP contribution >= 0.6 is 11.6 Å². The minimum atomic E-state index is 0.261. The lowest BCUT2D eigenvalue weighted by molar-refractivity contribution is 0.497. The van der Waals surface area contributed by atoms with Gasteiger partial charge in [0.1, 0.15) is 0 Å². The third-order valence-electron chi connectivity index (χ3n) is 3.39. The summed E-state index contributed by atoms with van der Waals surface area (Å²) in [6.07, 6.45) is 9.17. The number of nitrogens with zero attached hydrogens (tertiary/aromatic N) is 3. The van der Waals surface area contributed by atoms with Crippen molar-refractivity contribution in [2.24, 2.45) is 0 Å². The van der Waals surface area contributed by atoms with Gasteiger partial charge >= 0.3 is 0 Å². The summed E-state index contributed by atoms with van der Waals surface area (Å²) in [5.41, 5.74) is 1.24. The smallest absolute Gasteiger partial charge is 0.0728 e. The first-order chi connectivity index (χ1) is 7.83. The van der Waals surface area contributed by atoms with Crippen LogP contribution in [0.1, 0.15) is 57.1 Å². The standard InChI is InChI=1S/C12H20ClN3/c1-2-8-16-12(9-14-15-16)10-6-4-3-5-7-11(10)13/h9-11H,2-8H2,1H3. The zero-order valence-electron chi connectivity index (χ0n) is 9.90. The molecule has 1 fully saturated rings. The molecule has 0 radical (unpaired) electrons. The van der Waals surface area contributed by atoms with Crippen molar-refractivity contribution in [2.75, 3.05) is 0 Å². The SMILES string of the molecule is CCCn1nncc1C1CCCCCC1Cl. The van der Waals surface area contributed by atoms with Crippen molar-refractivity contribution in [1.82, 2.24) is 15.0 Å². The molecular formula is C12H20ClN3. The molecule has 2 rings (SSSR count). The predicted octanol–water partition coefficient (Wildman–Crippen LogP) is 3.34. The number of rotatable bonds is 3. The lowest BCUT2D eigenvalue weighted by atomic mass is 9.96. The van der Waals surface area contributed by atoms with Crippen LogP contribution in [0.4, 0.5) is 0 Å². The minimum Gasteiger partial charge on any atom is -0.249 e. The van der Waals surface area contributed by atoms with Crippen molar-refractivity contribution in [1.29, 1.82) is 0 Å². The fourth-order valence-corrected chi connectivity index (χ4v) is 2.94. The van der Waals surface area contributed by atoms with E-state index in [9.17, 15) is 0 Å². The highest BCUT2D eigenvalue weighted by atomic mass is 35.5. The molecule has 0 spiro atoms. The molecule has 0 saturated heterocycles. The van der Waals surface area contributed by atoms with E-state index in [1.165, 1.54) is 31.4 Å². The summed E-state index contributed by atoms with van der Waals surface area (Å²) in [5.74, 6) is 0.450.